The largest absolute Gasteiger partial charge is 0.465 e. The summed E-state index contributed by atoms with van der Waals surface area (Å²) in [7, 11) is 0. The Hall–Kier alpha value is -1.44. The maximum absolute atomic E-state index is 12.6. The van der Waals surface area contributed by atoms with E-state index in [4.69, 9.17) is 4.74 Å². The fraction of sp³-hybridized carbons (Fsp3) is 0.538. The summed E-state index contributed by atoms with van der Waals surface area (Å²) in [6.07, 6.45) is -3.08. The average Bonchev–Trinajstić information content (AvgIpc) is 2.38. The summed E-state index contributed by atoms with van der Waals surface area (Å²) in [5.41, 5.74) is 0.237. The van der Waals surface area contributed by atoms with Crippen LogP contribution in [0.1, 0.15) is 13.8 Å². The van der Waals surface area contributed by atoms with Crippen LogP contribution in [0.3, 0.4) is 0 Å². The molecule has 0 fully saturated rings. The molecule has 0 bridgehead atoms. The molecule has 0 spiro atoms. The van der Waals surface area contributed by atoms with Gasteiger partial charge >= 0.3 is 12.1 Å². The van der Waals surface area contributed by atoms with Gasteiger partial charge in [-0.25, -0.2) is 4.98 Å². The summed E-state index contributed by atoms with van der Waals surface area (Å²) in [6, 6.07) is 3.16. The van der Waals surface area contributed by atoms with Crippen molar-refractivity contribution in [2.45, 2.75) is 25.0 Å². The SMILES string of the molecule is CCOC(=O)CN(CC(F)(F)F)c1ccc(SCC)nc1. The highest BCUT2D eigenvalue weighted by Gasteiger charge is 2.32. The van der Waals surface area contributed by atoms with Crippen LogP contribution < -0.4 is 4.90 Å². The molecule has 0 radical (unpaired) electrons. The van der Waals surface area contributed by atoms with Crippen molar-refractivity contribution in [1.29, 1.82) is 0 Å². The van der Waals surface area contributed by atoms with Gasteiger partial charge in [0, 0.05) is 0 Å². The third-order valence-corrected chi connectivity index (χ3v) is 3.20. The summed E-state index contributed by atoms with van der Waals surface area (Å²) in [4.78, 5) is 16.4. The van der Waals surface area contributed by atoms with Crippen molar-refractivity contribution in [3.8, 4) is 0 Å². The van der Waals surface area contributed by atoms with Gasteiger partial charge in [-0.1, -0.05) is 6.92 Å². The molecule has 0 atom stereocenters. The molecule has 1 rings (SSSR count). The molecule has 0 aliphatic rings. The Morgan fingerprint density at radius 1 is 1.38 bits per heavy atom. The minimum Gasteiger partial charge on any atom is -0.465 e. The Labute approximate surface area is 125 Å². The predicted octanol–water partition coefficient (Wildman–Crippen LogP) is 3.13. The van der Waals surface area contributed by atoms with Crippen molar-refractivity contribution >= 4 is 23.4 Å². The molecule has 0 aliphatic heterocycles. The Morgan fingerprint density at radius 2 is 2.10 bits per heavy atom. The zero-order valence-electron chi connectivity index (χ0n) is 11.8. The molecule has 0 saturated heterocycles. The van der Waals surface area contributed by atoms with Crippen molar-refractivity contribution < 1.29 is 22.7 Å². The average molecular weight is 322 g/mol. The first-order valence-electron chi connectivity index (χ1n) is 6.42. The molecule has 0 saturated carbocycles. The van der Waals surface area contributed by atoms with Crippen molar-refractivity contribution in [2.75, 3.05) is 30.3 Å². The van der Waals surface area contributed by atoms with E-state index in [0.717, 1.165) is 15.7 Å². The van der Waals surface area contributed by atoms with Crippen molar-refractivity contribution in [3.05, 3.63) is 18.3 Å². The fourth-order valence-corrected chi connectivity index (χ4v) is 2.20. The number of hydrogen-bond donors (Lipinski definition) is 0. The standard InChI is InChI=1S/C13H17F3N2O2S/c1-3-20-12(19)8-18(9-13(14,15)16)10-5-6-11(17-7-10)21-4-2/h5-7H,3-4,8-9H2,1-2H3. The van der Waals surface area contributed by atoms with E-state index >= 15 is 0 Å². The molecule has 0 aromatic carbocycles. The van der Waals surface area contributed by atoms with Crippen molar-refractivity contribution in [2.24, 2.45) is 0 Å². The van der Waals surface area contributed by atoms with Gasteiger partial charge in [-0.15, -0.1) is 11.8 Å². The van der Waals surface area contributed by atoms with Gasteiger partial charge < -0.3 is 9.64 Å². The second-order valence-corrected chi connectivity index (χ2v) is 5.35. The number of carbonyl (C=O) groups is 1. The van der Waals surface area contributed by atoms with Gasteiger partial charge in [-0.2, -0.15) is 13.2 Å². The maximum atomic E-state index is 12.6. The van der Waals surface area contributed by atoms with Crippen LogP contribution in [-0.2, 0) is 9.53 Å². The number of esters is 1. The first-order chi connectivity index (χ1) is 9.85. The maximum Gasteiger partial charge on any atom is 0.405 e. The van der Waals surface area contributed by atoms with Crippen LogP contribution in [-0.4, -0.2) is 42.6 Å². The molecule has 0 amide bonds. The molecule has 21 heavy (non-hydrogen) atoms. The van der Waals surface area contributed by atoms with E-state index in [1.165, 1.54) is 24.0 Å². The minimum atomic E-state index is -4.41. The molecule has 1 aromatic rings. The van der Waals surface area contributed by atoms with Gasteiger partial charge in [0.15, 0.2) is 0 Å². The lowest BCUT2D eigenvalue weighted by Gasteiger charge is -2.24. The van der Waals surface area contributed by atoms with E-state index in [9.17, 15) is 18.0 Å². The molecular formula is C13H17F3N2O2S. The highest BCUT2D eigenvalue weighted by molar-refractivity contribution is 7.99. The van der Waals surface area contributed by atoms with E-state index in [1.54, 1.807) is 13.0 Å². The number of carbonyl (C=O) groups excluding carboxylic acids is 1. The Kier molecular flexibility index (Phi) is 6.80. The molecular weight excluding hydrogens is 305 g/mol. The third-order valence-electron chi connectivity index (χ3n) is 2.37. The van der Waals surface area contributed by atoms with Gasteiger partial charge in [-0.3, -0.25) is 4.79 Å². The lowest BCUT2D eigenvalue weighted by molar-refractivity contribution is -0.142. The minimum absolute atomic E-state index is 0.128. The number of pyridine rings is 1. The van der Waals surface area contributed by atoms with E-state index in [-0.39, 0.29) is 12.3 Å². The highest BCUT2D eigenvalue weighted by atomic mass is 32.2. The first kappa shape index (κ1) is 17.6. The molecule has 118 valence electrons. The number of ether oxygens (including phenoxy) is 1. The van der Waals surface area contributed by atoms with Gasteiger partial charge in [0.05, 0.1) is 23.5 Å². The van der Waals surface area contributed by atoms with Gasteiger partial charge in [0.2, 0.25) is 0 Å². The summed E-state index contributed by atoms with van der Waals surface area (Å²) in [5.74, 6) is 0.121. The lowest BCUT2D eigenvalue weighted by atomic mass is 10.3. The van der Waals surface area contributed by atoms with Crippen LogP contribution in [0.2, 0.25) is 0 Å². The van der Waals surface area contributed by atoms with Crippen LogP contribution in [0.15, 0.2) is 23.4 Å². The van der Waals surface area contributed by atoms with E-state index in [2.05, 4.69) is 4.98 Å². The van der Waals surface area contributed by atoms with E-state index < -0.39 is 25.2 Å². The fourth-order valence-electron chi connectivity index (χ4n) is 1.61. The number of aromatic nitrogens is 1. The number of nitrogens with zero attached hydrogens (tertiary/aromatic N) is 2. The second-order valence-electron chi connectivity index (χ2n) is 4.06. The number of halogens is 3. The monoisotopic (exact) mass is 322 g/mol. The number of alkyl halides is 3. The number of anilines is 1. The predicted molar refractivity (Wildman–Crippen MR) is 75.5 cm³/mol. The second kappa shape index (κ2) is 8.11. The number of rotatable bonds is 7. The number of thioether (sulfide) groups is 1. The summed E-state index contributed by atoms with van der Waals surface area (Å²) in [6.45, 7) is 1.99. The Bertz CT molecular complexity index is 452. The van der Waals surface area contributed by atoms with Crippen LogP contribution in [0, 0.1) is 0 Å². The highest BCUT2D eigenvalue weighted by Crippen LogP contribution is 2.23. The molecule has 0 unspecified atom stereocenters. The summed E-state index contributed by atoms with van der Waals surface area (Å²) in [5, 5.41) is 0.726. The van der Waals surface area contributed by atoms with Crippen LogP contribution in [0.4, 0.5) is 18.9 Å². The van der Waals surface area contributed by atoms with Crippen LogP contribution in [0.25, 0.3) is 0 Å². The topological polar surface area (TPSA) is 42.4 Å². The normalized spacial score (nSPS) is 11.3. The van der Waals surface area contributed by atoms with Crippen LogP contribution in [0.5, 0.6) is 0 Å². The summed E-state index contributed by atoms with van der Waals surface area (Å²) < 4.78 is 42.5. The lowest BCUT2D eigenvalue weighted by Crippen LogP contribution is -2.38. The van der Waals surface area contributed by atoms with E-state index in [1.807, 2.05) is 6.92 Å². The van der Waals surface area contributed by atoms with Gasteiger partial charge in [-0.05, 0) is 24.8 Å². The van der Waals surface area contributed by atoms with Gasteiger partial charge in [0.25, 0.3) is 0 Å². The number of hydrogen-bond acceptors (Lipinski definition) is 5. The van der Waals surface area contributed by atoms with Crippen molar-refractivity contribution in [3.63, 3.8) is 0 Å². The quantitative estimate of drug-likeness (QED) is 0.570. The molecule has 1 aromatic heterocycles. The molecule has 4 nitrogen and oxygen atoms in total. The molecule has 1 heterocycles. The zero-order valence-corrected chi connectivity index (χ0v) is 12.6. The van der Waals surface area contributed by atoms with Crippen molar-refractivity contribution in [1.82, 2.24) is 4.98 Å². The first-order valence-corrected chi connectivity index (χ1v) is 7.40. The summed E-state index contributed by atoms with van der Waals surface area (Å²) >= 11 is 1.49. The molecule has 0 N–H and O–H groups in total. The molecule has 8 heteroatoms. The Morgan fingerprint density at radius 3 is 2.57 bits per heavy atom. The third kappa shape index (κ3) is 6.70. The zero-order chi connectivity index (χ0) is 15.9. The molecule has 0 aliphatic carbocycles. The smallest absolute Gasteiger partial charge is 0.405 e. The van der Waals surface area contributed by atoms with Gasteiger partial charge in [0.1, 0.15) is 13.1 Å². The van der Waals surface area contributed by atoms with Crippen LogP contribution >= 0.6 is 11.8 Å². The Balaban J connectivity index is 2.86. The van der Waals surface area contributed by atoms with E-state index in [0.29, 0.717) is 0 Å².